The third kappa shape index (κ3) is 9.89. The molecular formula is C24H29N9O7S2. The minimum atomic E-state index is -1.30. The monoisotopic (exact) mass is 619 g/mol. The van der Waals surface area contributed by atoms with Gasteiger partial charge in [-0.1, -0.05) is 21.6 Å². The fraction of sp³-hybridized carbons (Fsp3) is 0.333. The Morgan fingerprint density at radius 3 is 2.43 bits per heavy atom. The van der Waals surface area contributed by atoms with Crippen molar-refractivity contribution in [3.63, 3.8) is 0 Å². The van der Waals surface area contributed by atoms with Crippen LogP contribution in [0.2, 0.25) is 0 Å². The lowest BCUT2D eigenvalue weighted by Gasteiger charge is -2.15. The van der Waals surface area contributed by atoms with Crippen molar-refractivity contribution in [2.45, 2.75) is 31.5 Å². The molecule has 0 spiro atoms. The first-order valence-corrected chi connectivity index (χ1v) is 14.8. The number of ether oxygens (including phenoxy) is 1. The van der Waals surface area contributed by atoms with E-state index < -0.39 is 35.9 Å². The van der Waals surface area contributed by atoms with Crippen LogP contribution in [0.15, 0.2) is 30.5 Å². The quantitative estimate of drug-likeness (QED) is 0.0653. The Labute approximate surface area is 247 Å². The topological polar surface area (TPSA) is 272 Å². The third-order valence-corrected chi connectivity index (χ3v) is 7.84. The molecule has 2 aromatic heterocycles. The highest BCUT2D eigenvalue weighted by molar-refractivity contribution is 8.76. The van der Waals surface area contributed by atoms with Crippen molar-refractivity contribution < 1.29 is 34.1 Å². The van der Waals surface area contributed by atoms with Gasteiger partial charge in [0.05, 0.1) is 18.4 Å². The zero-order valence-corrected chi connectivity index (χ0v) is 23.7. The normalized spacial score (nSPS) is 12.3. The summed E-state index contributed by atoms with van der Waals surface area (Å²) >= 11 is 0. The van der Waals surface area contributed by atoms with Crippen molar-refractivity contribution in [3.8, 4) is 0 Å². The number of benzene rings is 1. The number of fused-ring (bicyclic) bond motifs is 1. The van der Waals surface area contributed by atoms with Gasteiger partial charge in [0.2, 0.25) is 5.95 Å². The first-order valence-electron chi connectivity index (χ1n) is 12.3. The SMILES string of the molecule is Nc1nc(N)c2nc(CNc3ccc(C(=O)N[C@@H](CCC(=O)OCCSSC[C@H](N)C(=O)O)C(=O)O)cc3)cnc2n1. The first-order chi connectivity index (χ1) is 20.0. The van der Waals surface area contributed by atoms with Crippen LogP contribution >= 0.6 is 21.6 Å². The van der Waals surface area contributed by atoms with E-state index in [2.05, 4.69) is 30.6 Å². The van der Waals surface area contributed by atoms with E-state index in [9.17, 15) is 24.3 Å². The van der Waals surface area contributed by atoms with Crippen molar-refractivity contribution in [3.05, 3.63) is 41.7 Å². The molecule has 42 heavy (non-hydrogen) atoms. The van der Waals surface area contributed by atoms with Crippen LogP contribution in [0.4, 0.5) is 17.5 Å². The molecule has 2 heterocycles. The van der Waals surface area contributed by atoms with Gasteiger partial charge in [-0.2, -0.15) is 9.97 Å². The van der Waals surface area contributed by atoms with Gasteiger partial charge in [0.25, 0.3) is 5.91 Å². The largest absolute Gasteiger partial charge is 0.480 e. The molecule has 0 saturated carbocycles. The van der Waals surface area contributed by atoms with Crippen LogP contribution in [-0.4, -0.2) is 84.2 Å². The Balaban J connectivity index is 1.42. The fourth-order valence-corrected chi connectivity index (χ4v) is 5.22. The summed E-state index contributed by atoms with van der Waals surface area (Å²) in [4.78, 5) is 63.3. The molecule has 2 atom stereocenters. The maximum absolute atomic E-state index is 12.6. The van der Waals surface area contributed by atoms with Gasteiger partial charge in [0.1, 0.15) is 18.7 Å². The molecule has 0 saturated heterocycles. The van der Waals surface area contributed by atoms with Crippen molar-refractivity contribution >= 4 is 74.0 Å². The minimum Gasteiger partial charge on any atom is -0.480 e. The molecule has 0 radical (unpaired) electrons. The lowest BCUT2D eigenvalue weighted by molar-refractivity contribution is -0.144. The second-order valence-corrected chi connectivity index (χ2v) is 11.2. The second-order valence-electron chi connectivity index (χ2n) is 8.61. The predicted octanol–water partition coefficient (Wildman–Crippen LogP) is 0.496. The number of anilines is 3. The maximum atomic E-state index is 12.6. The second kappa shape index (κ2) is 15.5. The van der Waals surface area contributed by atoms with E-state index in [1.165, 1.54) is 39.9 Å². The molecule has 0 aliphatic heterocycles. The summed E-state index contributed by atoms with van der Waals surface area (Å²) in [6, 6.07) is 4.04. The van der Waals surface area contributed by atoms with E-state index in [0.29, 0.717) is 22.7 Å². The minimum absolute atomic E-state index is 0.00123. The Morgan fingerprint density at radius 2 is 1.74 bits per heavy atom. The summed E-state index contributed by atoms with van der Waals surface area (Å²) in [5, 5.41) is 23.8. The number of hydrogen-bond acceptors (Lipinski definition) is 15. The lowest BCUT2D eigenvalue weighted by Crippen LogP contribution is -2.41. The number of hydrogen-bond donors (Lipinski definition) is 7. The molecule has 0 fully saturated rings. The average molecular weight is 620 g/mol. The van der Waals surface area contributed by atoms with E-state index in [1.54, 1.807) is 12.1 Å². The molecule has 10 N–H and O–H groups in total. The number of amides is 1. The number of aliphatic carboxylic acids is 2. The predicted molar refractivity (Wildman–Crippen MR) is 157 cm³/mol. The molecule has 1 aromatic carbocycles. The number of esters is 1. The zero-order chi connectivity index (χ0) is 30.6. The number of carbonyl (C=O) groups is 4. The fourth-order valence-electron chi connectivity index (χ4n) is 3.27. The van der Waals surface area contributed by atoms with Gasteiger partial charge in [-0.25, -0.2) is 14.8 Å². The molecule has 0 aliphatic rings. The van der Waals surface area contributed by atoms with Gasteiger partial charge in [0.15, 0.2) is 17.0 Å². The lowest BCUT2D eigenvalue weighted by atomic mass is 10.1. The molecule has 3 aromatic rings. The van der Waals surface area contributed by atoms with Crippen LogP contribution in [-0.2, 0) is 25.7 Å². The number of nitrogens with zero attached hydrogens (tertiary/aromatic N) is 4. The number of carboxylic acids is 2. The molecule has 1 amide bonds. The maximum Gasteiger partial charge on any atom is 0.326 e. The number of nitrogens with one attached hydrogen (secondary N) is 2. The molecule has 16 nitrogen and oxygen atoms in total. The molecule has 224 valence electrons. The Hall–Kier alpha value is -4.42. The molecule has 0 bridgehead atoms. The van der Waals surface area contributed by atoms with Gasteiger partial charge in [0, 0.05) is 29.2 Å². The van der Waals surface area contributed by atoms with Gasteiger partial charge < -0.3 is 42.8 Å². The molecule has 0 aliphatic carbocycles. The molecule has 18 heteroatoms. The summed E-state index contributed by atoms with van der Waals surface area (Å²) in [5.74, 6) is -2.90. The Bertz CT molecular complexity index is 1430. The van der Waals surface area contributed by atoms with Crippen LogP contribution in [0.3, 0.4) is 0 Å². The van der Waals surface area contributed by atoms with Crippen molar-refractivity contribution in [1.29, 1.82) is 0 Å². The summed E-state index contributed by atoms with van der Waals surface area (Å²) < 4.78 is 5.06. The van der Waals surface area contributed by atoms with Gasteiger partial charge >= 0.3 is 17.9 Å². The number of rotatable bonds is 16. The van der Waals surface area contributed by atoms with Crippen molar-refractivity contribution in [2.24, 2.45) is 5.73 Å². The summed E-state index contributed by atoms with van der Waals surface area (Å²) in [7, 11) is 2.55. The van der Waals surface area contributed by atoms with Crippen molar-refractivity contribution in [2.75, 3.05) is 34.9 Å². The van der Waals surface area contributed by atoms with Crippen LogP contribution in [0.25, 0.3) is 11.2 Å². The molecule has 0 unspecified atom stereocenters. The van der Waals surface area contributed by atoms with Gasteiger partial charge in [-0.05, 0) is 30.7 Å². The smallest absolute Gasteiger partial charge is 0.326 e. The summed E-state index contributed by atoms with van der Waals surface area (Å²) in [6.45, 7) is 0.347. The van der Waals surface area contributed by atoms with Crippen LogP contribution < -0.4 is 27.8 Å². The number of carbonyl (C=O) groups excluding carboxylic acids is 2. The number of nitrogen functional groups attached to an aromatic ring is 2. The van der Waals surface area contributed by atoms with E-state index in [0.717, 1.165) is 0 Å². The third-order valence-electron chi connectivity index (χ3n) is 5.44. The van der Waals surface area contributed by atoms with Crippen LogP contribution in [0.5, 0.6) is 0 Å². The Morgan fingerprint density at radius 1 is 1.00 bits per heavy atom. The van der Waals surface area contributed by atoms with Crippen molar-refractivity contribution in [1.82, 2.24) is 25.3 Å². The Kier molecular flexibility index (Phi) is 11.9. The van der Waals surface area contributed by atoms with E-state index in [1.807, 2.05) is 0 Å². The number of aromatic nitrogens is 4. The van der Waals surface area contributed by atoms with Crippen LogP contribution in [0, 0.1) is 0 Å². The summed E-state index contributed by atoms with van der Waals surface area (Å²) in [6.07, 6.45) is 1.14. The molecule has 3 rings (SSSR count). The van der Waals surface area contributed by atoms with E-state index >= 15 is 0 Å². The van der Waals surface area contributed by atoms with E-state index in [4.69, 9.17) is 27.0 Å². The highest BCUT2D eigenvalue weighted by Gasteiger charge is 2.22. The molecular weight excluding hydrogens is 590 g/mol. The number of carboxylic acid groups (broad SMARTS) is 2. The zero-order valence-electron chi connectivity index (χ0n) is 22.1. The summed E-state index contributed by atoms with van der Waals surface area (Å²) in [5.41, 5.74) is 18.8. The van der Waals surface area contributed by atoms with Gasteiger partial charge in [-0.3, -0.25) is 14.4 Å². The van der Waals surface area contributed by atoms with Crippen LogP contribution in [0.1, 0.15) is 28.9 Å². The first kappa shape index (κ1) is 32.1. The van der Waals surface area contributed by atoms with Gasteiger partial charge in [-0.15, -0.1) is 0 Å². The standard InChI is InChI=1S/C24H29N9O7S2/c25-15(22(36)37)11-42-41-8-7-40-17(34)6-5-16(23(38)39)31-21(35)12-1-3-13(4-2-12)28-9-14-10-29-20-18(30-14)19(26)32-24(27)33-20/h1-4,10,15-16,28H,5-9,11,25H2,(H,31,35)(H,36,37)(H,38,39)(H4,26,27,29,32,33)/t15-,16-/m0/s1. The number of nitrogens with two attached hydrogens (primary N) is 3. The van der Waals surface area contributed by atoms with E-state index in [-0.39, 0.29) is 54.7 Å². The average Bonchev–Trinajstić information content (AvgIpc) is 2.95. The highest BCUT2D eigenvalue weighted by atomic mass is 33.1. The highest BCUT2D eigenvalue weighted by Crippen LogP contribution is 2.21.